The lowest BCUT2D eigenvalue weighted by molar-refractivity contribution is -0.136. The molecule has 1 aliphatic heterocycles. The average molecular weight is 286 g/mol. The Bertz CT molecular complexity index is 384. The Morgan fingerprint density at radius 2 is 1.95 bits per heavy atom. The van der Waals surface area contributed by atoms with Crippen molar-refractivity contribution >= 4 is 29.5 Å². The Labute approximate surface area is 115 Å². The van der Waals surface area contributed by atoms with Gasteiger partial charge in [0.1, 0.15) is 6.04 Å². The Hall–Kier alpha value is -1.24. The molecule has 0 aromatic heterocycles. The zero-order chi connectivity index (χ0) is 13.8. The van der Waals surface area contributed by atoms with Crippen molar-refractivity contribution in [3.05, 3.63) is 0 Å². The molecule has 7 heteroatoms. The van der Waals surface area contributed by atoms with Crippen molar-refractivity contribution in [1.82, 2.24) is 10.2 Å². The van der Waals surface area contributed by atoms with Gasteiger partial charge in [-0.2, -0.15) is 0 Å². The molecule has 1 heterocycles. The summed E-state index contributed by atoms with van der Waals surface area (Å²) in [6.45, 7) is 0.592. The van der Waals surface area contributed by atoms with Gasteiger partial charge in [0.2, 0.25) is 11.8 Å². The minimum atomic E-state index is -0.928. The molecule has 2 N–H and O–H groups in total. The summed E-state index contributed by atoms with van der Waals surface area (Å²) in [7, 11) is 0. The first kappa shape index (κ1) is 14.2. The van der Waals surface area contributed by atoms with Crippen molar-refractivity contribution < 1.29 is 19.5 Å². The number of hydrogen-bond donors (Lipinski definition) is 2. The minimum Gasteiger partial charge on any atom is -0.481 e. The second-order valence-electron chi connectivity index (χ2n) is 4.91. The van der Waals surface area contributed by atoms with E-state index >= 15 is 0 Å². The summed E-state index contributed by atoms with van der Waals surface area (Å²) in [4.78, 5) is 35.9. The average Bonchev–Trinajstić information content (AvgIpc) is 3.02. The van der Waals surface area contributed by atoms with Crippen LogP contribution in [-0.2, 0) is 14.4 Å². The molecule has 1 unspecified atom stereocenters. The fourth-order valence-electron chi connectivity index (χ4n) is 2.17. The second kappa shape index (κ2) is 6.27. The van der Waals surface area contributed by atoms with Crippen molar-refractivity contribution in [1.29, 1.82) is 0 Å². The number of carbonyl (C=O) groups is 3. The largest absolute Gasteiger partial charge is 0.481 e. The van der Waals surface area contributed by atoms with Crippen LogP contribution in [0.15, 0.2) is 0 Å². The van der Waals surface area contributed by atoms with E-state index in [4.69, 9.17) is 5.11 Å². The number of thioether (sulfide) groups is 1. The van der Waals surface area contributed by atoms with Gasteiger partial charge in [-0.05, 0) is 25.7 Å². The van der Waals surface area contributed by atoms with Crippen LogP contribution >= 0.6 is 11.8 Å². The van der Waals surface area contributed by atoms with Crippen molar-refractivity contribution in [3.8, 4) is 0 Å². The highest BCUT2D eigenvalue weighted by atomic mass is 32.2. The summed E-state index contributed by atoms with van der Waals surface area (Å²) < 4.78 is 0. The number of rotatable bonds is 6. The first-order valence-corrected chi connectivity index (χ1v) is 7.63. The van der Waals surface area contributed by atoms with Crippen LogP contribution < -0.4 is 5.32 Å². The number of carbonyl (C=O) groups excluding carboxylic acids is 2. The van der Waals surface area contributed by atoms with Gasteiger partial charge >= 0.3 is 5.97 Å². The molecule has 106 valence electrons. The Morgan fingerprint density at radius 3 is 2.58 bits per heavy atom. The fourth-order valence-corrected chi connectivity index (χ4v) is 2.79. The third kappa shape index (κ3) is 4.12. The topological polar surface area (TPSA) is 86.7 Å². The predicted octanol–water partition coefficient (Wildman–Crippen LogP) is 0.0738. The minimum absolute atomic E-state index is 0.0587. The summed E-state index contributed by atoms with van der Waals surface area (Å²) in [5.41, 5.74) is 0. The molecule has 0 aromatic rings. The van der Waals surface area contributed by atoms with Gasteiger partial charge in [-0.15, -0.1) is 11.8 Å². The quantitative estimate of drug-likeness (QED) is 0.722. The monoisotopic (exact) mass is 286 g/mol. The normalized spacial score (nSPS) is 22.3. The van der Waals surface area contributed by atoms with Gasteiger partial charge in [0.15, 0.2) is 0 Å². The van der Waals surface area contributed by atoms with E-state index in [0.717, 1.165) is 31.0 Å². The summed E-state index contributed by atoms with van der Waals surface area (Å²) in [5.74, 6) is -1.09. The van der Waals surface area contributed by atoms with Gasteiger partial charge in [-0.25, -0.2) is 0 Å². The van der Waals surface area contributed by atoms with E-state index < -0.39 is 5.97 Å². The molecule has 19 heavy (non-hydrogen) atoms. The fraction of sp³-hybridized carbons (Fsp3) is 0.750. The number of hydrogen-bond acceptors (Lipinski definition) is 4. The highest BCUT2D eigenvalue weighted by Crippen LogP contribution is 2.23. The Balaban J connectivity index is 1.81. The third-order valence-corrected chi connectivity index (χ3v) is 4.15. The zero-order valence-electron chi connectivity index (χ0n) is 10.6. The Kier molecular flexibility index (Phi) is 4.68. The van der Waals surface area contributed by atoms with Gasteiger partial charge < -0.3 is 15.3 Å². The van der Waals surface area contributed by atoms with Crippen molar-refractivity contribution in [2.24, 2.45) is 0 Å². The highest BCUT2D eigenvalue weighted by molar-refractivity contribution is 8.00. The molecule has 2 amide bonds. The molecule has 0 radical (unpaired) electrons. The van der Waals surface area contributed by atoms with Gasteiger partial charge in [0.05, 0.1) is 11.5 Å². The van der Waals surface area contributed by atoms with E-state index in [1.165, 1.54) is 0 Å². The second-order valence-corrected chi connectivity index (χ2v) is 5.90. The van der Waals surface area contributed by atoms with E-state index in [1.54, 1.807) is 4.90 Å². The lowest BCUT2D eigenvalue weighted by Crippen LogP contribution is -2.47. The van der Waals surface area contributed by atoms with Gasteiger partial charge in [0, 0.05) is 12.6 Å². The molecule has 6 nitrogen and oxygen atoms in total. The zero-order valence-corrected chi connectivity index (χ0v) is 11.4. The number of nitrogens with zero attached hydrogens (tertiary/aromatic N) is 1. The lowest BCUT2D eigenvalue weighted by Gasteiger charge is -2.23. The van der Waals surface area contributed by atoms with Crippen LogP contribution in [0.5, 0.6) is 0 Å². The summed E-state index contributed by atoms with van der Waals surface area (Å²) >= 11 is 1.07. The number of nitrogens with one attached hydrogen (secondary N) is 1. The molecule has 0 aromatic carbocycles. The van der Waals surface area contributed by atoms with Gasteiger partial charge in [-0.3, -0.25) is 14.4 Å². The van der Waals surface area contributed by atoms with E-state index in [-0.39, 0.29) is 29.4 Å². The Morgan fingerprint density at radius 1 is 1.21 bits per heavy atom. The number of carboxylic acids is 1. The molecule has 2 rings (SSSR count). The smallest absolute Gasteiger partial charge is 0.313 e. The highest BCUT2D eigenvalue weighted by Gasteiger charge is 2.36. The van der Waals surface area contributed by atoms with Crippen LogP contribution in [0.3, 0.4) is 0 Å². The molecule has 0 bridgehead atoms. The summed E-state index contributed by atoms with van der Waals surface area (Å²) in [5, 5.41) is 11.4. The van der Waals surface area contributed by atoms with Crippen molar-refractivity contribution in [3.63, 3.8) is 0 Å². The van der Waals surface area contributed by atoms with Crippen molar-refractivity contribution in [2.75, 3.05) is 18.1 Å². The molecular formula is C12H18N2O4S. The molecule has 2 aliphatic rings. The lowest BCUT2D eigenvalue weighted by atomic mass is 10.2. The van der Waals surface area contributed by atoms with Crippen molar-refractivity contribution in [2.45, 2.75) is 37.8 Å². The summed E-state index contributed by atoms with van der Waals surface area (Å²) in [6.07, 6.45) is 3.59. The third-order valence-electron chi connectivity index (χ3n) is 3.25. The SMILES string of the molecule is O=C(O)CSCC(=O)N1CCCC1C(=O)NC1CC1. The molecule has 2 fully saturated rings. The van der Waals surface area contributed by atoms with Gasteiger partial charge in [-0.1, -0.05) is 0 Å². The molecule has 0 spiro atoms. The first-order valence-electron chi connectivity index (χ1n) is 6.47. The number of carboxylic acid groups (broad SMARTS) is 1. The maximum Gasteiger partial charge on any atom is 0.313 e. The number of aliphatic carboxylic acids is 1. The standard InChI is InChI=1S/C12H18N2O4S/c15-10(6-19-7-11(16)17)14-5-1-2-9(14)12(18)13-8-3-4-8/h8-9H,1-7H2,(H,13,18)(H,16,17). The van der Waals surface area contributed by atoms with Crippen LogP contribution in [0.2, 0.25) is 0 Å². The van der Waals surface area contributed by atoms with Gasteiger partial charge in [0.25, 0.3) is 0 Å². The van der Waals surface area contributed by atoms with E-state index in [0.29, 0.717) is 19.0 Å². The van der Waals surface area contributed by atoms with Crippen LogP contribution in [0.25, 0.3) is 0 Å². The maximum atomic E-state index is 12.0. The van der Waals surface area contributed by atoms with Crippen LogP contribution in [0, 0.1) is 0 Å². The maximum absolute atomic E-state index is 12.0. The van der Waals surface area contributed by atoms with Crippen LogP contribution in [0.4, 0.5) is 0 Å². The van der Waals surface area contributed by atoms with E-state index in [2.05, 4.69) is 5.32 Å². The van der Waals surface area contributed by atoms with Crippen LogP contribution in [-0.4, -0.2) is 57.9 Å². The first-order chi connectivity index (χ1) is 9.08. The predicted molar refractivity (Wildman–Crippen MR) is 70.9 cm³/mol. The van der Waals surface area contributed by atoms with Crippen LogP contribution in [0.1, 0.15) is 25.7 Å². The summed E-state index contributed by atoms with van der Waals surface area (Å²) in [6, 6.07) is -0.0648. The molecule has 1 aliphatic carbocycles. The molecule has 1 saturated heterocycles. The number of likely N-dealkylation sites (tertiary alicyclic amines) is 1. The van der Waals surface area contributed by atoms with E-state index in [1.807, 2.05) is 0 Å². The molecule has 1 saturated carbocycles. The molecule has 1 atom stereocenters. The molecular weight excluding hydrogens is 268 g/mol. The number of amides is 2. The van der Waals surface area contributed by atoms with E-state index in [9.17, 15) is 14.4 Å².